The van der Waals surface area contributed by atoms with Gasteiger partial charge in [0.05, 0.1) is 5.69 Å². The molecule has 0 aliphatic carbocycles. The molecule has 0 saturated heterocycles. The molecule has 0 spiro atoms. The molecule has 0 aliphatic heterocycles. The zero-order valence-electron chi connectivity index (χ0n) is 10.3. The Kier molecular flexibility index (Phi) is 5.30. The van der Waals surface area contributed by atoms with Crippen LogP contribution in [0.15, 0.2) is 48.8 Å². The molecule has 0 aliphatic rings. The molecule has 2 rings (SSSR count). The predicted octanol–water partition coefficient (Wildman–Crippen LogP) is 1.36. The SMILES string of the molecule is c1ccc(CCNCNCc2ccccn2)nc1. The Balaban J connectivity index is 1.54. The van der Waals surface area contributed by atoms with Gasteiger partial charge < -0.3 is 5.32 Å². The smallest absolute Gasteiger partial charge is 0.0542 e. The van der Waals surface area contributed by atoms with Gasteiger partial charge in [0, 0.05) is 44.3 Å². The first-order valence-electron chi connectivity index (χ1n) is 6.16. The van der Waals surface area contributed by atoms with Gasteiger partial charge in [-0.25, -0.2) is 0 Å². The van der Waals surface area contributed by atoms with Crippen molar-refractivity contribution < 1.29 is 0 Å². The average molecular weight is 242 g/mol. The molecule has 4 nitrogen and oxygen atoms in total. The number of rotatable bonds is 7. The zero-order valence-corrected chi connectivity index (χ0v) is 10.3. The van der Waals surface area contributed by atoms with E-state index in [1.54, 1.807) is 0 Å². The fraction of sp³-hybridized carbons (Fsp3) is 0.286. The van der Waals surface area contributed by atoms with Crippen LogP contribution in [0.5, 0.6) is 0 Å². The van der Waals surface area contributed by atoms with Crippen LogP contribution in [0.25, 0.3) is 0 Å². The second-order valence-electron chi connectivity index (χ2n) is 4.00. The van der Waals surface area contributed by atoms with E-state index in [0.717, 1.165) is 37.6 Å². The number of nitrogens with one attached hydrogen (secondary N) is 2. The molecule has 0 saturated carbocycles. The van der Waals surface area contributed by atoms with Crippen molar-refractivity contribution in [1.29, 1.82) is 0 Å². The molecule has 0 unspecified atom stereocenters. The quantitative estimate of drug-likeness (QED) is 0.568. The summed E-state index contributed by atoms with van der Waals surface area (Å²) in [5.41, 5.74) is 2.18. The third kappa shape index (κ3) is 4.61. The van der Waals surface area contributed by atoms with E-state index in [-0.39, 0.29) is 0 Å². The van der Waals surface area contributed by atoms with Gasteiger partial charge in [0.2, 0.25) is 0 Å². The number of hydrogen-bond donors (Lipinski definition) is 2. The Morgan fingerprint density at radius 3 is 2.22 bits per heavy atom. The molecule has 2 aromatic rings. The van der Waals surface area contributed by atoms with Gasteiger partial charge in [0.25, 0.3) is 0 Å². The first kappa shape index (κ1) is 12.7. The lowest BCUT2D eigenvalue weighted by atomic mass is 10.3. The van der Waals surface area contributed by atoms with Crippen molar-refractivity contribution in [2.24, 2.45) is 0 Å². The second kappa shape index (κ2) is 7.53. The van der Waals surface area contributed by atoms with Gasteiger partial charge in [-0.15, -0.1) is 0 Å². The summed E-state index contributed by atoms with van der Waals surface area (Å²) in [6, 6.07) is 11.9. The lowest BCUT2D eigenvalue weighted by Gasteiger charge is -2.06. The highest BCUT2D eigenvalue weighted by Gasteiger charge is 1.93. The fourth-order valence-electron chi connectivity index (χ4n) is 1.63. The maximum Gasteiger partial charge on any atom is 0.0542 e. The third-order valence-corrected chi connectivity index (χ3v) is 2.57. The van der Waals surface area contributed by atoms with E-state index in [4.69, 9.17) is 0 Å². The second-order valence-corrected chi connectivity index (χ2v) is 4.00. The highest BCUT2D eigenvalue weighted by Crippen LogP contribution is 1.93. The molecular formula is C14H18N4. The Morgan fingerprint density at radius 1 is 0.833 bits per heavy atom. The first-order valence-corrected chi connectivity index (χ1v) is 6.16. The first-order chi connectivity index (χ1) is 8.95. The molecular weight excluding hydrogens is 224 g/mol. The molecule has 94 valence electrons. The van der Waals surface area contributed by atoms with Crippen LogP contribution in [0, 0.1) is 0 Å². The summed E-state index contributed by atoms with van der Waals surface area (Å²) in [5, 5.41) is 6.62. The van der Waals surface area contributed by atoms with Gasteiger partial charge >= 0.3 is 0 Å². The largest absolute Gasteiger partial charge is 0.304 e. The Hall–Kier alpha value is -1.78. The Morgan fingerprint density at radius 2 is 1.56 bits per heavy atom. The van der Waals surface area contributed by atoms with Gasteiger partial charge in [-0.1, -0.05) is 12.1 Å². The molecule has 2 N–H and O–H groups in total. The molecule has 0 aromatic carbocycles. The van der Waals surface area contributed by atoms with Crippen molar-refractivity contribution in [2.45, 2.75) is 13.0 Å². The molecule has 0 fully saturated rings. The minimum atomic E-state index is 0.781. The standard InChI is InChI=1S/C14H18N4/c1-3-8-17-13(5-1)7-10-15-12-16-11-14-6-2-4-9-18-14/h1-6,8-9,15-16H,7,10-12H2. The van der Waals surface area contributed by atoms with Crippen LogP contribution in [-0.4, -0.2) is 23.2 Å². The molecule has 0 atom stereocenters. The summed E-state index contributed by atoms with van der Waals surface area (Å²) in [6.45, 7) is 2.49. The average Bonchev–Trinajstić information content (AvgIpc) is 2.45. The van der Waals surface area contributed by atoms with Gasteiger partial charge in [0.1, 0.15) is 0 Å². The predicted molar refractivity (Wildman–Crippen MR) is 71.9 cm³/mol. The summed E-state index contributed by atoms with van der Waals surface area (Å²) >= 11 is 0. The maximum atomic E-state index is 4.27. The number of nitrogens with zero attached hydrogens (tertiary/aromatic N) is 2. The summed E-state index contributed by atoms with van der Waals surface area (Å²) < 4.78 is 0. The Labute approximate surface area is 107 Å². The van der Waals surface area contributed by atoms with Crippen molar-refractivity contribution in [3.8, 4) is 0 Å². The monoisotopic (exact) mass is 242 g/mol. The summed E-state index contributed by atoms with van der Waals surface area (Å²) in [6.07, 6.45) is 4.59. The van der Waals surface area contributed by atoms with Crippen molar-refractivity contribution in [3.05, 3.63) is 60.2 Å². The highest BCUT2D eigenvalue weighted by molar-refractivity contribution is 5.04. The van der Waals surface area contributed by atoms with E-state index < -0.39 is 0 Å². The third-order valence-electron chi connectivity index (χ3n) is 2.57. The molecule has 2 aromatic heterocycles. The highest BCUT2D eigenvalue weighted by atomic mass is 15.1. The topological polar surface area (TPSA) is 49.8 Å². The van der Waals surface area contributed by atoms with Crippen LogP contribution in [-0.2, 0) is 13.0 Å². The summed E-state index contributed by atoms with van der Waals surface area (Å²) in [4.78, 5) is 8.52. The molecule has 0 amide bonds. The van der Waals surface area contributed by atoms with Crippen molar-refractivity contribution in [3.63, 3.8) is 0 Å². The van der Waals surface area contributed by atoms with E-state index in [9.17, 15) is 0 Å². The Bertz CT molecular complexity index is 387. The van der Waals surface area contributed by atoms with E-state index in [1.807, 2.05) is 48.8 Å². The van der Waals surface area contributed by atoms with Crippen LogP contribution in [0.4, 0.5) is 0 Å². The molecule has 4 heteroatoms. The van der Waals surface area contributed by atoms with Gasteiger partial charge in [-0.3, -0.25) is 15.3 Å². The molecule has 0 radical (unpaired) electrons. The van der Waals surface area contributed by atoms with Crippen LogP contribution < -0.4 is 10.6 Å². The lowest BCUT2D eigenvalue weighted by molar-refractivity contribution is 0.576. The minimum Gasteiger partial charge on any atom is -0.304 e. The van der Waals surface area contributed by atoms with E-state index in [0.29, 0.717) is 0 Å². The fourth-order valence-corrected chi connectivity index (χ4v) is 1.63. The molecule has 2 heterocycles. The minimum absolute atomic E-state index is 0.781. The van der Waals surface area contributed by atoms with Crippen molar-refractivity contribution >= 4 is 0 Å². The number of pyridine rings is 2. The van der Waals surface area contributed by atoms with Gasteiger partial charge in [-0.2, -0.15) is 0 Å². The molecule has 18 heavy (non-hydrogen) atoms. The van der Waals surface area contributed by atoms with Crippen molar-refractivity contribution in [2.75, 3.05) is 13.2 Å². The van der Waals surface area contributed by atoms with Crippen LogP contribution in [0.1, 0.15) is 11.4 Å². The van der Waals surface area contributed by atoms with E-state index >= 15 is 0 Å². The lowest BCUT2D eigenvalue weighted by Crippen LogP contribution is -2.30. The summed E-state index contributed by atoms with van der Waals surface area (Å²) in [7, 11) is 0. The van der Waals surface area contributed by atoms with E-state index in [1.165, 1.54) is 0 Å². The maximum absolute atomic E-state index is 4.27. The molecule has 0 bridgehead atoms. The zero-order chi connectivity index (χ0) is 12.5. The summed E-state index contributed by atoms with van der Waals surface area (Å²) in [5.74, 6) is 0. The van der Waals surface area contributed by atoms with Crippen molar-refractivity contribution in [1.82, 2.24) is 20.6 Å². The van der Waals surface area contributed by atoms with Gasteiger partial charge in [0.15, 0.2) is 0 Å². The van der Waals surface area contributed by atoms with E-state index in [2.05, 4.69) is 20.6 Å². The van der Waals surface area contributed by atoms with Crippen LogP contribution in [0.3, 0.4) is 0 Å². The van der Waals surface area contributed by atoms with Crippen LogP contribution >= 0.6 is 0 Å². The normalized spacial score (nSPS) is 10.4. The number of aromatic nitrogens is 2. The number of hydrogen-bond acceptors (Lipinski definition) is 4. The van der Waals surface area contributed by atoms with Gasteiger partial charge in [-0.05, 0) is 24.3 Å². The van der Waals surface area contributed by atoms with Crippen LogP contribution in [0.2, 0.25) is 0 Å².